The van der Waals surface area contributed by atoms with E-state index in [1.165, 1.54) is 0 Å². The maximum Gasteiger partial charge on any atom is 0.0615 e. The third kappa shape index (κ3) is 1.10. The van der Waals surface area contributed by atoms with Crippen LogP contribution in [-0.2, 0) is 0 Å². The van der Waals surface area contributed by atoms with Crippen LogP contribution in [0.15, 0.2) is 0 Å². The summed E-state index contributed by atoms with van der Waals surface area (Å²) >= 11 is 0. The van der Waals surface area contributed by atoms with Crippen molar-refractivity contribution in [3.63, 3.8) is 0 Å². The molecule has 0 amide bonds. The van der Waals surface area contributed by atoms with Crippen LogP contribution in [0, 0.1) is 5.41 Å². The molecule has 9 heavy (non-hydrogen) atoms. The number of rotatable bonds is 1. The first-order valence-electron chi connectivity index (χ1n) is 3.48. The minimum Gasteiger partial charge on any atom is -0.396 e. The summed E-state index contributed by atoms with van der Waals surface area (Å²) in [4.78, 5) is 0. The summed E-state index contributed by atoms with van der Waals surface area (Å²) in [7, 11) is 0. The SMILES string of the molecule is C[C@@]1(CO)CCC[C@@H]1O. The van der Waals surface area contributed by atoms with E-state index in [1.807, 2.05) is 6.92 Å². The van der Waals surface area contributed by atoms with Gasteiger partial charge in [0.25, 0.3) is 0 Å². The summed E-state index contributed by atoms with van der Waals surface area (Å²) < 4.78 is 0. The van der Waals surface area contributed by atoms with Crippen molar-refractivity contribution in [1.29, 1.82) is 0 Å². The molecule has 0 spiro atoms. The van der Waals surface area contributed by atoms with Gasteiger partial charge in [-0.25, -0.2) is 0 Å². The van der Waals surface area contributed by atoms with E-state index in [-0.39, 0.29) is 18.1 Å². The Morgan fingerprint density at radius 2 is 2.33 bits per heavy atom. The van der Waals surface area contributed by atoms with Gasteiger partial charge in [-0.3, -0.25) is 0 Å². The van der Waals surface area contributed by atoms with Gasteiger partial charge in [-0.1, -0.05) is 13.3 Å². The Morgan fingerprint density at radius 1 is 1.67 bits per heavy atom. The van der Waals surface area contributed by atoms with Crippen LogP contribution in [0.4, 0.5) is 0 Å². The van der Waals surface area contributed by atoms with Crippen LogP contribution in [0.2, 0.25) is 0 Å². The van der Waals surface area contributed by atoms with Crippen molar-refractivity contribution in [2.45, 2.75) is 32.3 Å². The highest BCUT2D eigenvalue weighted by Gasteiger charge is 2.36. The molecule has 1 aliphatic rings. The topological polar surface area (TPSA) is 40.5 Å². The van der Waals surface area contributed by atoms with Crippen LogP contribution in [0.25, 0.3) is 0 Å². The number of aliphatic hydroxyl groups excluding tert-OH is 2. The van der Waals surface area contributed by atoms with Gasteiger partial charge in [-0.05, 0) is 12.8 Å². The molecule has 0 aromatic rings. The summed E-state index contributed by atoms with van der Waals surface area (Å²) in [6.07, 6.45) is 2.60. The molecule has 1 rings (SSSR count). The maximum absolute atomic E-state index is 9.29. The molecule has 0 unspecified atom stereocenters. The van der Waals surface area contributed by atoms with Gasteiger partial charge in [0, 0.05) is 5.41 Å². The van der Waals surface area contributed by atoms with Crippen molar-refractivity contribution in [3.8, 4) is 0 Å². The second-order valence-corrected chi connectivity index (χ2v) is 3.22. The van der Waals surface area contributed by atoms with Gasteiger partial charge in [0.05, 0.1) is 12.7 Å². The molecule has 2 nitrogen and oxygen atoms in total. The molecule has 0 heterocycles. The predicted molar refractivity (Wildman–Crippen MR) is 35.1 cm³/mol. The summed E-state index contributed by atoms with van der Waals surface area (Å²) in [5, 5.41) is 18.1. The lowest BCUT2D eigenvalue weighted by Gasteiger charge is -2.24. The summed E-state index contributed by atoms with van der Waals surface area (Å²) in [6, 6.07) is 0. The Balaban J connectivity index is 2.56. The second kappa shape index (κ2) is 2.27. The van der Waals surface area contributed by atoms with Gasteiger partial charge >= 0.3 is 0 Å². The fourth-order valence-corrected chi connectivity index (χ4v) is 1.40. The lowest BCUT2D eigenvalue weighted by atomic mass is 9.88. The first-order chi connectivity index (χ1) is 4.19. The Kier molecular flexibility index (Phi) is 1.78. The minimum absolute atomic E-state index is 0.119. The normalized spacial score (nSPS) is 43.7. The van der Waals surface area contributed by atoms with Crippen molar-refractivity contribution in [1.82, 2.24) is 0 Å². The molecule has 1 aliphatic carbocycles. The third-order valence-corrected chi connectivity index (χ3v) is 2.39. The van der Waals surface area contributed by atoms with E-state index in [9.17, 15) is 5.11 Å². The molecular formula is C7H14O2. The first-order valence-corrected chi connectivity index (χ1v) is 3.48. The molecule has 54 valence electrons. The monoisotopic (exact) mass is 130 g/mol. The van der Waals surface area contributed by atoms with Crippen LogP contribution in [0.3, 0.4) is 0 Å². The molecule has 0 saturated heterocycles. The number of hydrogen-bond acceptors (Lipinski definition) is 2. The van der Waals surface area contributed by atoms with Crippen molar-refractivity contribution in [3.05, 3.63) is 0 Å². The largest absolute Gasteiger partial charge is 0.396 e. The average molecular weight is 130 g/mol. The van der Waals surface area contributed by atoms with Gasteiger partial charge < -0.3 is 10.2 Å². The van der Waals surface area contributed by atoms with E-state index in [0.29, 0.717) is 0 Å². The highest BCUT2D eigenvalue weighted by molar-refractivity contribution is 4.87. The quantitative estimate of drug-likeness (QED) is 0.543. The van der Waals surface area contributed by atoms with E-state index in [0.717, 1.165) is 19.3 Å². The summed E-state index contributed by atoms with van der Waals surface area (Å²) in [6.45, 7) is 2.05. The first kappa shape index (κ1) is 7.03. The predicted octanol–water partition coefficient (Wildman–Crippen LogP) is 0.530. The maximum atomic E-state index is 9.29. The number of hydrogen-bond donors (Lipinski definition) is 2. The molecule has 0 aliphatic heterocycles. The van der Waals surface area contributed by atoms with E-state index in [2.05, 4.69) is 0 Å². The fraction of sp³-hybridized carbons (Fsp3) is 1.00. The zero-order valence-electron chi connectivity index (χ0n) is 5.80. The van der Waals surface area contributed by atoms with Crippen molar-refractivity contribution in [2.24, 2.45) is 5.41 Å². The Bertz CT molecular complexity index is 103. The fourth-order valence-electron chi connectivity index (χ4n) is 1.40. The lowest BCUT2D eigenvalue weighted by molar-refractivity contribution is 0.0201. The van der Waals surface area contributed by atoms with Crippen LogP contribution in [-0.4, -0.2) is 22.9 Å². The summed E-state index contributed by atoms with van der Waals surface area (Å²) in [5.41, 5.74) is -0.194. The lowest BCUT2D eigenvalue weighted by Crippen LogP contribution is -2.29. The average Bonchev–Trinajstić information content (AvgIpc) is 2.15. The zero-order chi connectivity index (χ0) is 6.91. The van der Waals surface area contributed by atoms with Crippen LogP contribution in [0.1, 0.15) is 26.2 Å². The van der Waals surface area contributed by atoms with Crippen molar-refractivity contribution < 1.29 is 10.2 Å². The molecule has 0 aromatic heterocycles. The molecule has 2 atom stereocenters. The van der Waals surface area contributed by atoms with Crippen molar-refractivity contribution >= 4 is 0 Å². The third-order valence-electron chi connectivity index (χ3n) is 2.39. The van der Waals surface area contributed by atoms with Crippen LogP contribution in [0.5, 0.6) is 0 Å². The molecule has 0 aromatic carbocycles. The van der Waals surface area contributed by atoms with Gasteiger partial charge in [0.2, 0.25) is 0 Å². The van der Waals surface area contributed by atoms with Gasteiger partial charge in [-0.15, -0.1) is 0 Å². The Labute approximate surface area is 55.5 Å². The van der Waals surface area contributed by atoms with E-state index in [1.54, 1.807) is 0 Å². The zero-order valence-corrected chi connectivity index (χ0v) is 5.80. The summed E-state index contributed by atoms with van der Waals surface area (Å²) in [5.74, 6) is 0. The van der Waals surface area contributed by atoms with Gasteiger partial charge in [-0.2, -0.15) is 0 Å². The van der Waals surface area contributed by atoms with Crippen LogP contribution < -0.4 is 0 Å². The van der Waals surface area contributed by atoms with E-state index >= 15 is 0 Å². The molecule has 1 saturated carbocycles. The molecule has 0 radical (unpaired) electrons. The van der Waals surface area contributed by atoms with E-state index < -0.39 is 0 Å². The van der Waals surface area contributed by atoms with Crippen LogP contribution >= 0.6 is 0 Å². The highest BCUT2D eigenvalue weighted by atomic mass is 16.3. The Morgan fingerprint density at radius 3 is 2.56 bits per heavy atom. The van der Waals surface area contributed by atoms with Crippen molar-refractivity contribution in [2.75, 3.05) is 6.61 Å². The second-order valence-electron chi connectivity index (χ2n) is 3.22. The standard InChI is InChI=1S/C7H14O2/c1-7(5-8)4-2-3-6(7)9/h6,8-9H,2-5H2,1H3/t6-,7-/m0/s1. The molecule has 1 fully saturated rings. The van der Waals surface area contributed by atoms with Gasteiger partial charge in [0.15, 0.2) is 0 Å². The molecule has 2 heteroatoms. The minimum atomic E-state index is -0.275. The molecule has 0 bridgehead atoms. The van der Waals surface area contributed by atoms with E-state index in [4.69, 9.17) is 5.11 Å². The molecular weight excluding hydrogens is 116 g/mol. The Hall–Kier alpha value is -0.0800. The smallest absolute Gasteiger partial charge is 0.0615 e. The molecule has 2 N–H and O–H groups in total. The number of aliphatic hydroxyl groups is 2. The van der Waals surface area contributed by atoms with Gasteiger partial charge in [0.1, 0.15) is 0 Å². The highest BCUT2D eigenvalue weighted by Crippen LogP contribution is 2.36.